The Hall–Kier alpha value is -2.01. The van der Waals surface area contributed by atoms with Gasteiger partial charge in [-0.3, -0.25) is 0 Å². The van der Waals surface area contributed by atoms with Crippen molar-refractivity contribution >= 4 is 33.3 Å². The molecule has 1 N–H and O–H groups in total. The molecule has 1 saturated heterocycles. The predicted molar refractivity (Wildman–Crippen MR) is 98.1 cm³/mol. The highest BCUT2D eigenvalue weighted by molar-refractivity contribution is 9.10. The van der Waals surface area contributed by atoms with E-state index in [1.807, 2.05) is 29.2 Å². The molecule has 2 amide bonds. The molecule has 1 heterocycles. The van der Waals surface area contributed by atoms with Crippen LogP contribution < -0.4 is 10.2 Å². The Bertz CT molecular complexity index is 679. The number of hydrogen-bond acceptors (Lipinski definition) is 2. The van der Waals surface area contributed by atoms with Crippen LogP contribution in [0.15, 0.2) is 53.0 Å². The Labute approximate surface area is 145 Å². The molecule has 0 spiro atoms. The number of hydrogen-bond donors (Lipinski definition) is 1. The maximum atomic E-state index is 12.3. The minimum absolute atomic E-state index is 0.0308. The number of carbonyl (C=O) groups is 1. The first-order valence-electron chi connectivity index (χ1n) is 7.75. The number of halogens is 1. The van der Waals surface area contributed by atoms with Crippen molar-refractivity contribution in [2.45, 2.75) is 6.92 Å². The van der Waals surface area contributed by atoms with Gasteiger partial charge in [0.1, 0.15) is 0 Å². The summed E-state index contributed by atoms with van der Waals surface area (Å²) in [5.74, 6) is 0. The molecule has 5 heteroatoms. The second kappa shape index (κ2) is 7.04. The molecule has 0 atom stereocenters. The second-order valence-corrected chi connectivity index (χ2v) is 6.61. The Morgan fingerprint density at radius 2 is 1.65 bits per heavy atom. The molecule has 120 valence electrons. The highest BCUT2D eigenvalue weighted by Gasteiger charge is 2.21. The van der Waals surface area contributed by atoms with Crippen molar-refractivity contribution in [3.8, 4) is 0 Å². The number of nitrogens with one attached hydrogen (secondary N) is 1. The molecule has 0 bridgehead atoms. The monoisotopic (exact) mass is 373 g/mol. The summed E-state index contributed by atoms with van der Waals surface area (Å²) in [5, 5.41) is 2.95. The lowest BCUT2D eigenvalue weighted by Gasteiger charge is -2.36. The normalized spacial score (nSPS) is 14.7. The fourth-order valence-corrected chi connectivity index (χ4v) is 3.07. The number of piperazine rings is 1. The van der Waals surface area contributed by atoms with Crippen LogP contribution in [0.3, 0.4) is 0 Å². The van der Waals surface area contributed by atoms with Crippen LogP contribution in [0.2, 0.25) is 0 Å². The zero-order chi connectivity index (χ0) is 16.2. The van der Waals surface area contributed by atoms with Crippen molar-refractivity contribution in [1.29, 1.82) is 0 Å². The largest absolute Gasteiger partial charge is 0.368 e. The molecule has 2 aromatic carbocycles. The average Bonchev–Trinajstić information content (AvgIpc) is 2.57. The number of benzene rings is 2. The van der Waals surface area contributed by atoms with Crippen molar-refractivity contribution in [2.24, 2.45) is 0 Å². The molecule has 0 aliphatic carbocycles. The van der Waals surface area contributed by atoms with Gasteiger partial charge in [0.05, 0.1) is 0 Å². The van der Waals surface area contributed by atoms with Crippen LogP contribution in [0.25, 0.3) is 0 Å². The first kappa shape index (κ1) is 15.9. The first-order chi connectivity index (χ1) is 11.1. The molecule has 0 saturated carbocycles. The lowest BCUT2D eigenvalue weighted by Crippen LogP contribution is -2.50. The third-order valence-electron chi connectivity index (χ3n) is 4.12. The smallest absolute Gasteiger partial charge is 0.321 e. The van der Waals surface area contributed by atoms with E-state index in [0.29, 0.717) is 0 Å². The summed E-state index contributed by atoms with van der Waals surface area (Å²) in [7, 11) is 0. The van der Waals surface area contributed by atoms with Gasteiger partial charge in [0.15, 0.2) is 0 Å². The van der Waals surface area contributed by atoms with Crippen molar-refractivity contribution in [3.05, 3.63) is 58.6 Å². The molecule has 23 heavy (non-hydrogen) atoms. The topological polar surface area (TPSA) is 35.6 Å². The lowest BCUT2D eigenvalue weighted by molar-refractivity contribution is 0.208. The SMILES string of the molecule is Cc1ccccc1N1CCN(C(=O)Nc2ccc(Br)cc2)CC1. The van der Waals surface area contributed by atoms with Crippen LogP contribution in [0.1, 0.15) is 5.56 Å². The molecule has 2 aromatic rings. The molecular formula is C18H20BrN3O. The van der Waals surface area contributed by atoms with E-state index in [1.54, 1.807) is 0 Å². The molecule has 0 aromatic heterocycles. The molecule has 4 nitrogen and oxygen atoms in total. The number of amides is 2. The van der Waals surface area contributed by atoms with Crippen molar-refractivity contribution in [1.82, 2.24) is 4.90 Å². The average molecular weight is 374 g/mol. The number of nitrogens with zero attached hydrogens (tertiary/aromatic N) is 2. The highest BCUT2D eigenvalue weighted by Crippen LogP contribution is 2.21. The summed E-state index contributed by atoms with van der Waals surface area (Å²) in [5.41, 5.74) is 3.36. The van der Waals surface area contributed by atoms with E-state index in [-0.39, 0.29) is 6.03 Å². The van der Waals surface area contributed by atoms with Crippen LogP contribution in [-0.2, 0) is 0 Å². The Morgan fingerprint density at radius 1 is 1.00 bits per heavy atom. The Kier molecular flexibility index (Phi) is 4.86. The fraction of sp³-hybridized carbons (Fsp3) is 0.278. The molecule has 3 rings (SSSR count). The van der Waals surface area contributed by atoms with Crippen molar-refractivity contribution in [2.75, 3.05) is 36.4 Å². The third kappa shape index (κ3) is 3.85. The van der Waals surface area contributed by atoms with E-state index >= 15 is 0 Å². The summed E-state index contributed by atoms with van der Waals surface area (Å²) in [6.07, 6.45) is 0. The van der Waals surface area contributed by atoms with E-state index < -0.39 is 0 Å². The zero-order valence-electron chi connectivity index (χ0n) is 13.1. The summed E-state index contributed by atoms with van der Waals surface area (Å²) in [4.78, 5) is 16.6. The van der Waals surface area contributed by atoms with Crippen LogP contribution in [0.4, 0.5) is 16.2 Å². The van der Waals surface area contributed by atoms with Gasteiger partial charge in [-0.25, -0.2) is 4.79 Å². The van der Waals surface area contributed by atoms with Crippen LogP contribution in [0.5, 0.6) is 0 Å². The van der Waals surface area contributed by atoms with Crippen molar-refractivity contribution in [3.63, 3.8) is 0 Å². The quantitative estimate of drug-likeness (QED) is 0.859. The number of urea groups is 1. The molecule has 1 aliphatic rings. The van der Waals surface area contributed by atoms with Gasteiger partial charge in [-0.05, 0) is 42.8 Å². The molecule has 0 radical (unpaired) electrons. The van der Waals surface area contributed by atoms with Gasteiger partial charge in [0.2, 0.25) is 0 Å². The van der Waals surface area contributed by atoms with E-state index in [4.69, 9.17) is 0 Å². The summed E-state index contributed by atoms with van der Waals surface area (Å²) < 4.78 is 1.00. The summed E-state index contributed by atoms with van der Waals surface area (Å²) >= 11 is 3.39. The number of carbonyl (C=O) groups excluding carboxylic acids is 1. The first-order valence-corrected chi connectivity index (χ1v) is 8.55. The zero-order valence-corrected chi connectivity index (χ0v) is 14.7. The van der Waals surface area contributed by atoms with Gasteiger partial charge < -0.3 is 15.1 Å². The predicted octanol–water partition coefficient (Wildman–Crippen LogP) is 4.11. The van der Waals surface area contributed by atoms with E-state index in [0.717, 1.165) is 36.3 Å². The standard InChI is InChI=1S/C18H20BrN3O/c1-14-4-2-3-5-17(14)21-10-12-22(13-11-21)18(23)20-16-8-6-15(19)7-9-16/h2-9H,10-13H2,1H3,(H,20,23). The molecule has 1 aliphatic heterocycles. The second-order valence-electron chi connectivity index (χ2n) is 5.70. The van der Waals surface area contributed by atoms with Crippen LogP contribution in [0, 0.1) is 6.92 Å². The maximum Gasteiger partial charge on any atom is 0.321 e. The van der Waals surface area contributed by atoms with Crippen LogP contribution >= 0.6 is 15.9 Å². The van der Waals surface area contributed by atoms with E-state index in [9.17, 15) is 4.79 Å². The van der Waals surface area contributed by atoms with Gasteiger partial charge in [-0.1, -0.05) is 34.1 Å². The minimum Gasteiger partial charge on any atom is -0.368 e. The molecular weight excluding hydrogens is 354 g/mol. The van der Waals surface area contributed by atoms with Crippen molar-refractivity contribution < 1.29 is 4.79 Å². The Balaban J connectivity index is 1.57. The highest BCUT2D eigenvalue weighted by atomic mass is 79.9. The number of para-hydroxylation sites is 1. The maximum absolute atomic E-state index is 12.3. The number of aryl methyl sites for hydroxylation is 1. The van der Waals surface area contributed by atoms with Gasteiger partial charge in [0, 0.05) is 42.0 Å². The fourth-order valence-electron chi connectivity index (χ4n) is 2.80. The summed E-state index contributed by atoms with van der Waals surface area (Å²) in [6, 6.07) is 16.0. The molecule has 0 unspecified atom stereocenters. The van der Waals surface area contributed by atoms with E-state index in [2.05, 4.69) is 57.3 Å². The lowest BCUT2D eigenvalue weighted by atomic mass is 10.1. The number of anilines is 2. The van der Waals surface area contributed by atoms with Crippen LogP contribution in [-0.4, -0.2) is 37.1 Å². The molecule has 1 fully saturated rings. The third-order valence-corrected chi connectivity index (χ3v) is 4.65. The van der Waals surface area contributed by atoms with Gasteiger partial charge in [-0.2, -0.15) is 0 Å². The van der Waals surface area contributed by atoms with Gasteiger partial charge in [-0.15, -0.1) is 0 Å². The number of rotatable bonds is 2. The summed E-state index contributed by atoms with van der Waals surface area (Å²) in [6.45, 7) is 5.31. The minimum atomic E-state index is -0.0308. The Morgan fingerprint density at radius 3 is 2.30 bits per heavy atom. The van der Waals surface area contributed by atoms with Gasteiger partial charge >= 0.3 is 6.03 Å². The van der Waals surface area contributed by atoms with Gasteiger partial charge in [0.25, 0.3) is 0 Å². The van der Waals surface area contributed by atoms with E-state index in [1.165, 1.54) is 11.3 Å².